The van der Waals surface area contributed by atoms with Crippen LogP contribution >= 0.6 is 15.9 Å². The maximum atomic E-state index is 12.2. The topological polar surface area (TPSA) is 59.6 Å². The number of hydrogen-bond donors (Lipinski definition) is 2. The Morgan fingerprint density at radius 1 is 1.13 bits per heavy atom. The molecule has 0 saturated carbocycles. The van der Waals surface area contributed by atoms with Crippen LogP contribution in [-0.2, 0) is 0 Å². The van der Waals surface area contributed by atoms with Gasteiger partial charge in [0.2, 0.25) is 0 Å². The molecule has 0 aliphatic rings. The summed E-state index contributed by atoms with van der Waals surface area (Å²) in [6, 6.07) is 12.4. The number of ether oxygens (including phenoxy) is 2. The summed E-state index contributed by atoms with van der Waals surface area (Å²) in [5, 5.41) is 5.69. The maximum absolute atomic E-state index is 12.2. The molecule has 0 fully saturated rings. The quantitative estimate of drug-likeness (QED) is 0.812. The van der Waals surface area contributed by atoms with Gasteiger partial charge in [-0.15, -0.1) is 0 Å². The highest BCUT2D eigenvalue weighted by atomic mass is 79.9. The van der Waals surface area contributed by atoms with Crippen LogP contribution in [0.15, 0.2) is 46.9 Å². The second-order valence-electron chi connectivity index (χ2n) is 4.94. The molecule has 0 saturated heterocycles. The Morgan fingerprint density at radius 2 is 1.91 bits per heavy atom. The molecular formula is C17H19BrN2O3. The van der Waals surface area contributed by atoms with Gasteiger partial charge in [-0.05, 0) is 43.3 Å². The van der Waals surface area contributed by atoms with Crippen LogP contribution in [0.2, 0.25) is 0 Å². The lowest BCUT2D eigenvalue weighted by Crippen LogP contribution is -2.31. The minimum absolute atomic E-state index is 0.243. The molecule has 0 heterocycles. The van der Waals surface area contributed by atoms with Crippen LogP contribution in [0.5, 0.6) is 11.5 Å². The van der Waals surface area contributed by atoms with Gasteiger partial charge in [0, 0.05) is 15.7 Å². The van der Waals surface area contributed by atoms with E-state index in [1.807, 2.05) is 49.4 Å². The van der Waals surface area contributed by atoms with E-state index in [0.717, 1.165) is 10.0 Å². The number of anilines is 1. The minimum Gasteiger partial charge on any atom is -0.497 e. The number of methoxy groups -OCH3 is 2. The first kappa shape index (κ1) is 17.1. The standard InChI is InChI=1S/C17H19BrN2O3/c1-11(15-10-14(22-2)7-8-16(15)23-3)19-17(21)20-13-6-4-5-12(18)9-13/h4-11H,1-3H3,(H2,19,20,21). The van der Waals surface area contributed by atoms with Crippen LogP contribution in [0.4, 0.5) is 10.5 Å². The molecule has 1 unspecified atom stereocenters. The highest BCUT2D eigenvalue weighted by molar-refractivity contribution is 9.10. The number of carbonyl (C=O) groups excluding carboxylic acids is 1. The van der Waals surface area contributed by atoms with E-state index < -0.39 is 0 Å². The van der Waals surface area contributed by atoms with Crippen molar-refractivity contribution in [1.29, 1.82) is 0 Å². The van der Waals surface area contributed by atoms with Gasteiger partial charge < -0.3 is 20.1 Å². The van der Waals surface area contributed by atoms with Gasteiger partial charge >= 0.3 is 6.03 Å². The van der Waals surface area contributed by atoms with Crippen molar-refractivity contribution in [2.75, 3.05) is 19.5 Å². The molecule has 2 rings (SSSR count). The van der Waals surface area contributed by atoms with Gasteiger partial charge in [-0.1, -0.05) is 22.0 Å². The van der Waals surface area contributed by atoms with Crippen molar-refractivity contribution in [2.24, 2.45) is 0 Å². The zero-order valence-corrected chi connectivity index (χ0v) is 14.8. The van der Waals surface area contributed by atoms with Crippen molar-refractivity contribution in [3.8, 4) is 11.5 Å². The summed E-state index contributed by atoms with van der Waals surface area (Å²) in [6.07, 6.45) is 0. The van der Waals surface area contributed by atoms with Gasteiger partial charge in [0.15, 0.2) is 0 Å². The van der Waals surface area contributed by atoms with Gasteiger partial charge in [0.25, 0.3) is 0 Å². The van der Waals surface area contributed by atoms with E-state index in [-0.39, 0.29) is 12.1 Å². The third-order valence-electron chi connectivity index (χ3n) is 3.33. The van der Waals surface area contributed by atoms with Crippen molar-refractivity contribution < 1.29 is 14.3 Å². The molecule has 0 aromatic heterocycles. The molecule has 6 heteroatoms. The molecule has 0 spiro atoms. The third-order valence-corrected chi connectivity index (χ3v) is 3.83. The Hall–Kier alpha value is -2.21. The van der Waals surface area contributed by atoms with Crippen molar-refractivity contribution in [2.45, 2.75) is 13.0 Å². The average molecular weight is 379 g/mol. The summed E-state index contributed by atoms with van der Waals surface area (Å²) in [4.78, 5) is 12.2. The van der Waals surface area contributed by atoms with Gasteiger partial charge in [0.1, 0.15) is 11.5 Å². The van der Waals surface area contributed by atoms with E-state index >= 15 is 0 Å². The first-order valence-electron chi connectivity index (χ1n) is 7.08. The number of nitrogens with one attached hydrogen (secondary N) is 2. The van der Waals surface area contributed by atoms with Crippen molar-refractivity contribution >= 4 is 27.6 Å². The molecular weight excluding hydrogens is 360 g/mol. The van der Waals surface area contributed by atoms with E-state index in [2.05, 4.69) is 26.6 Å². The number of amides is 2. The Labute approximate surface area is 144 Å². The van der Waals surface area contributed by atoms with Crippen molar-refractivity contribution in [1.82, 2.24) is 5.32 Å². The Balaban J connectivity index is 2.09. The van der Waals surface area contributed by atoms with Crippen LogP contribution in [0.3, 0.4) is 0 Å². The number of carbonyl (C=O) groups is 1. The molecule has 1 atom stereocenters. The molecule has 0 bridgehead atoms. The van der Waals surface area contributed by atoms with E-state index in [9.17, 15) is 4.79 Å². The molecule has 23 heavy (non-hydrogen) atoms. The lowest BCUT2D eigenvalue weighted by Gasteiger charge is -2.18. The minimum atomic E-state index is -0.291. The highest BCUT2D eigenvalue weighted by Crippen LogP contribution is 2.29. The van der Waals surface area contributed by atoms with Crippen LogP contribution in [0.1, 0.15) is 18.5 Å². The van der Waals surface area contributed by atoms with E-state index in [1.54, 1.807) is 14.2 Å². The second kappa shape index (κ2) is 7.87. The maximum Gasteiger partial charge on any atom is 0.319 e. The Kier molecular flexibility index (Phi) is 5.87. The predicted molar refractivity (Wildman–Crippen MR) is 94.3 cm³/mol. The summed E-state index contributed by atoms with van der Waals surface area (Å²) < 4.78 is 11.5. The van der Waals surface area contributed by atoms with Crippen molar-refractivity contribution in [3.05, 3.63) is 52.5 Å². The number of rotatable bonds is 5. The van der Waals surface area contributed by atoms with Gasteiger partial charge in [-0.25, -0.2) is 4.79 Å². The molecule has 2 aromatic rings. The lowest BCUT2D eigenvalue weighted by atomic mass is 10.1. The average Bonchev–Trinajstić information content (AvgIpc) is 2.54. The van der Waals surface area contributed by atoms with Crippen LogP contribution < -0.4 is 20.1 Å². The molecule has 0 radical (unpaired) electrons. The highest BCUT2D eigenvalue weighted by Gasteiger charge is 2.15. The van der Waals surface area contributed by atoms with Gasteiger partial charge in [-0.2, -0.15) is 0 Å². The lowest BCUT2D eigenvalue weighted by molar-refractivity contribution is 0.249. The predicted octanol–water partition coefficient (Wildman–Crippen LogP) is 4.35. The second-order valence-corrected chi connectivity index (χ2v) is 5.85. The largest absolute Gasteiger partial charge is 0.497 e. The number of urea groups is 1. The van der Waals surface area contributed by atoms with E-state index in [0.29, 0.717) is 17.2 Å². The smallest absolute Gasteiger partial charge is 0.319 e. The Bertz CT molecular complexity index is 691. The molecule has 0 aliphatic carbocycles. The molecule has 122 valence electrons. The van der Waals surface area contributed by atoms with Gasteiger partial charge in [-0.3, -0.25) is 0 Å². The zero-order chi connectivity index (χ0) is 16.8. The van der Waals surface area contributed by atoms with Gasteiger partial charge in [0.05, 0.1) is 20.3 Å². The van der Waals surface area contributed by atoms with E-state index in [1.165, 1.54) is 0 Å². The molecule has 2 amide bonds. The summed E-state index contributed by atoms with van der Waals surface area (Å²) in [5.41, 5.74) is 1.55. The van der Waals surface area contributed by atoms with E-state index in [4.69, 9.17) is 9.47 Å². The SMILES string of the molecule is COc1ccc(OC)c(C(C)NC(=O)Nc2cccc(Br)c2)c1. The molecule has 5 nitrogen and oxygen atoms in total. The van der Waals surface area contributed by atoms with Crippen LogP contribution in [0, 0.1) is 0 Å². The fraction of sp³-hybridized carbons (Fsp3) is 0.235. The first-order valence-corrected chi connectivity index (χ1v) is 7.87. The van der Waals surface area contributed by atoms with Crippen LogP contribution in [-0.4, -0.2) is 20.3 Å². The summed E-state index contributed by atoms with van der Waals surface area (Å²) in [6.45, 7) is 1.89. The summed E-state index contributed by atoms with van der Waals surface area (Å²) in [7, 11) is 3.20. The molecule has 2 N–H and O–H groups in total. The monoisotopic (exact) mass is 378 g/mol. The van der Waals surface area contributed by atoms with Crippen LogP contribution in [0.25, 0.3) is 0 Å². The third kappa shape index (κ3) is 4.63. The number of halogens is 1. The summed E-state index contributed by atoms with van der Waals surface area (Å²) in [5.74, 6) is 1.41. The summed E-state index contributed by atoms with van der Waals surface area (Å²) >= 11 is 3.37. The number of benzene rings is 2. The zero-order valence-electron chi connectivity index (χ0n) is 13.2. The fourth-order valence-corrected chi connectivity index (χ4v) is 2.58. The first-order chi connectivity index (χ1) is 11.0. The number of hydrogen-bond acceptors (Lipinski definition) is 3. The Morgan fingerprint density at radius 3 is 2.57 bits per heavy atom. The van der Waals surface area contributed by atoms with Crippen molar-refractivity contribution in [3.63, 3.8) is 0 Å². The fourth-order valence-electron chi connectivity index (χ4n) is 2.19. The normalized spacial score (nSPS) is 11.5. The molecule has 2 aromatic carbocycles. The molecule has 0 aliphatic heterocycles.